The predicted octanol–water partition coefficient (Wildman–Crippen LogP) is 2.16. The van der Waals surface area contributed by atoms with Gasteiger partial charge in [-0.05, 0) is 42.1 Å². The zero-order valence-corrected chi connectivity index (χ0v) is 10.7. The number of fused-ring (bicyclic) bond motifs is 2. The van der Waals surface area contributed by atoms with Crippen molar-refractivity contribution < 1.29 is 4.74 Å². The standard InChI is InChI=1S/C11H14BrN3O/c1-5-9(12)10(13)15-11(14-5)7-4-6-2-3-8(7)16-6/h6-8H,2-4H2,1H3,(H2,13,14,15). The van der Waals surface area contributed by atoms with Crippen molar-refractivity contribution in [3.63, 3.8) is 0 Å². The first kappa shape index (κ1) is 10.5. The molecule has 0 radical (unpaired) electrons. The molecule has 5 heteroatoms. The molecule has 4 nitrogen and oxygen atoms in total. The largest absolute Gasteiger partial charge is 0.383 e. The number of halogens is 1. The number of nitrogens with zero attached hydrogens (tertiary/aromatic N) is 2. The summed E-state index contributed by atoms with van der Waals surface area (Å²) in [4.78, 5) is 8.89. The first-order valence-electron chi connectivity index (χ1n) is 5.60. The highest BCUT2D eigenvalue weighted by Gasteiger charge is 2.43. The van der Waals surface area contributed by atoms with E-state index in [4.69, 9.17) is 10.5 Å². The number of nitrogens with two attached hydrogens (primary N) is 1. The number of aromatic nitrogens is 2. The Morgan fingerprint density at radius 2 is 2.19 bits per heavy atom. The lowest BCUT2D eigenvalue weighted by molar-refractivity contribution is 0.0999. The smallest absolute Gasteiger partial charge is 0.141 e. The predicted molar refractivity (Wildman–Crippen MR) is 64.1 cm³/mol. The van der Waals surface area contributed by atoms with Gasteiger partial charge in [0.05, 0.1) is 22.4 Å². The minimum Gasteiger partial charge on any atom is -0.383 e. The Labute approximate surface area is 103 Å². The maximum Gasteiger partial charge on any atom is 0.141 e. The summed E-state index contributed by atoms with van der Waals surface area (Å²) in [7, 11) is 0. The summed E-state index contributed by atoms with van der Waals surface area (Å²) in [6.45, 7) is 1.94. The van der Waals surface area contributed by atoms with E-state index >= 15 is 0 Å². The van der Waals surface area contributed by atoms with Crippen LogP contribution in [0.4, 0.5) is 5.82 Å². The molecule has 3 atom stereocenters. The molecule has 1 aromatic rings. The molecule has 1 aromatic heterocycles. The van der Waals surface area contributed by atoms with Crippen LogP contribution in [0, 0.1) is 6.92 Å². The van der Waals surface area contributed by atoms with Gasteiger partial charge in [0.25, 0.3) is 0 Å². The molecule has 3 unspecified atom stereocenters. The fraction of sp³-hybridized carbons (Fsp3) is 0.636. The lowest BCUT2D eigenvalue weighted by Gasteiger charge is -2.18. The maximum atomic E-state index is 5.85. The van der Waals surface area contributed by atoms with Crippen LogP contribution in [0.3, 0.4) is 0 Å². The van der Waals surface area contributed by atoms with Gasteiger partial charge < -0.3 is 10.5 Å². The lowest BCUT2D eigenvalue weighted by Crippen LogP contribution is -2.18. The van der Waals surface area contributed by atoms with Gasteiger partial charge in [-0.3, -0.25) is 0 Å². The highest BCUT2D eigenvalue weighted by molar-refractivity contribution is 9.10. The second-order valence-corrected chi connectivity index (χ2v) is 5.38. The van der Waals surface area contributed by atoms with E-state index in [0.717, 1.165) is 28.8 Å². The molecule has 2 aliphatic rings. The summed E-state index contributed by atoms with van der Waals surface area (Å²) in [5.41, 5.74) is 6.76. The third-order valence-electron chi connectivity index (χ3n) is 3.50. The van der Waals surface area contributed by atoms with Crippen LogP contribution < -0.4 is 5.73 Å². The quantitative estimate of drug-likeness (QED) is 0.858. The summed E-state index contributed by atoms with van der Waals surface area (Å²) in [6.07, 6.45) is 4.10. The first-order valence-corrected chi connectivity index (χ1v) is 6.39. The Morgan fingerprint density at radius 3 is 2.75 bits per heavy atom. The Kier molecular flexibility index (Phi) is 2.40. The average molecular weight is 284 g/mol. The summed E-state index contributed by atoms with van der Waals surface area (Å²) in [6, 6.07) is 0. The molecule has 0 amide bonds. The van der Waals surface area contributed by atoms with E-state index in [0.29, 0.717) is 23.9 Å². The van der Waals surface area contributed by atoms with Crippen LogP contribution in [0.5, 0.6) is 0 Å². The summed E-state index contributed by atoms with van der Waals surface area (Å²) in [5.74, 6) is 1.73. The first-order chi connectivity index (χ1) is 7.65. The highest BCUT2D eigenvalue weighted by atomic mass is 79.9. The van der Waals surface area contributed by atoms with Crippen LogP contribution in [-0.4, -0.2) is 22.2 Å². The zero-order valence-electron chi connectivity index (χ0n) is 9.11. The molecule has 86 valence electrons. The number of hydrogen-bond acceptors (Lipinski definition) is 4. The van der Waals surface area contributed by atoms with Crippen molar-refractivity contribution in [2.24, 2.45) is 0 Å². The van der Waals surface area contributed by atoms with E-state index in [1.54, 1.807) is 0 Å². The molecular weight excluding hydrogens is 270 g/mol. The number of anilines is 1. The molecule has 2 N–H and O–H groups in total. The van der Waals surface area contributed by atoms with Crippen LogP contribution in [-0.2, 0) is 4.74 Å². The average Bonchev–Trinajstić information content (AvgIpc) is 2.86. The van der Waals surface area contributed by atoms with E-state index in [1.165, 1.54) is 6.42 Å². The molecule has 0 spiro atoms. The number of hydrogen-bond donors (Lipinski definition) is 1. The van der Waals surface area contributed by atoms with E-state index in [1.807, 2.05) is 6.92 Å². The van der Waals surface area contributed by atoms with Crippen molar-refractivity contribution in [1.29, 1.82) is 0 Å². The van der Waals surface area contributed by atoms with Gasteiger partial charge in [0.1, 0.15) is 11.6 Å². The van der Waals surface area contributed by atoms with Gasteiger partial charge in [-0.15, -0.1) is 0 Å². The van der Waals surface area contributed by atoms with Crippen molar-refractivity contribution in [2.45, 2.75) is 44.3 Å². The lowest BCUT2D eigenvalue weighted by atomic mass is 9.88. The SMILES string of the molecule is Cc1nc(C2CC3CCC2O3)nc(N)c1Br. The Balaban J connectivity index is 1.95. The molecule has 3 rings (SSSR count). The molecule has 0 aliphatic carbocycles. The molecular formula is C11H14BrN3O. The van der Waals surface area contributed by atoms with Gasteiger partial charge in [0.15, 0.2) is 0 Å². The summed E-state index contributed by atoms with van der Waals surface area (Å²) in [5, 5.41) is 0. The van der Waals surface area contributed by atoms with Crippen LogP contribution >= 0.6 is 15.9 Å². The number of aryl methyl sites for hydroxylation is 1. The molecule has 0 aromatic carbocycles. The monoisotopic (exact) mass is 283 g/mol. The molecule has 2 bridgehead atoms. The van der Waals surface area contributed by atoms with Gasteiger partial charge in [-0.2, -0.15) is 0 Å². The van der Waals surface area contributed by atoms with E-state index < -0.39 is 0 Å². The van der Waals surface area contributed by atoms with Crippen molar-refractivity contribution in [2.75, 3.05) is 5.73 Å². The number of nitrogen functional groups attached to an aromatic ring is 1. The van der Waals surface area contributed by atoms with Crippen LogP contribution in [0.15, 0.2) is 4.47 Å². The molecule has 2 saturated heterocycles. The topological polar surface area (TPSA) is 61.0 Å². The normalized spacial score (nSPS) is 32.2. The van der Waals surface area contributed by atoms with Crippen molar-refractivity contribution >= 4 is 21.7 Å². The minimum atomic E-state index is 0.310. The molecule has 16 heavy (non-hydrogen) atoms. The third-order valence-corrected chi connectivity index (χ3v) is 4.48. The zero-order chi connectivity index (χ0) is 11.3. The van der Waals surface area contributed by atoms with Crippen LogP contribution in [0.1, 0.15) is 36.7 Å². The number of ether oxygens (including phenoxy) is 1. The van der Waals surface area contributed by atoms with Gasteiger partial charge >= 0.3 is 0 Å². The second kappa shape index (κ2) is 3.67. The Bertz CT molecular complexity index is 414. The summed E-state index contributed by atoms with van der Waals surface area (Å²) < 4.78 is 6.62. The van der Waals surface area contributed by atoms with Crippen molar-refractivity contribution in [3.05, 3.63) is 16.0 Å². The van der Waals surface area contributed by atoms with E-state index in [-0.39, 0.29) is 0 Å². The highest BCUT2D eigenvalue weighted by Crippen LogP contribution is 2.43. The van der Waals surface area contributed by atoms with E-state index in [9.17, 15) is 0 Å². The van der Waals surface area contributed by atoms with E-state index in [2.05, 4.69) is 25.9 Å². The summed E-state index contributed by atoms with van der Waals surface area (Å²) >= 11 is 3.38. The van der Waals surface area contributed by atoms with Gasteiger partial charge in [-0.1, -0.05) is 0 Å². The number of rotatable bonds is 1. The van der Waals surface area contributed by atoms with Gasteiger partial charge in [-0.25, -0.2) is 9.97 Å². The van der Waals surface area contributed by atoms with Crippen molar-refractivity contribution in [1.82, 2.24) is 9.97 Å². The molecule has 3 heterocycles. The molecule has 2 fully saturated rings. The van der Waals surface area contributed by atoms with Gasteiger partial charge in [0, 0.05) is 5.92 Å². The van der Waals surface area contributed by atoms with Crippen molar-refractivity contribution in [3.8, 4) is 0 Å². The molecule has 0 saturated carbocycles. The van der Waals surface area contributed by atoms with Gasteiger partial charge in [0.2, 0.25) is 0 Å². The second-order valence-electron chi connectivity index (χ2n) is 4.58. The fourth-order valence-electron chi connectivity index (χ4n) is 2.68. The fourth-order valence-corrected chi connectivity index (χ4v) is 2.86. The third kappa shape index (κ3) is 1.53. The minimum absolute atomic E-state index is 0.310. The van der Waals surface area contributed by atoms with Crippen LogP contribution in [0.2, 0.25) is 0 Å². The Morgan fingerprint density at radius 1 is 1.38 bits per heavy atom. The molecule has 2 aliphatic heterocycles. The maximum absolute atomic E-state index is 5.85. The van der Waals surface area contributed by atoms with Crippen LogP contribution in [0.25, 0.3) is 0 Å². The Hall–Kier alpha value is -0.680.